The molecule has 0 saturated carbocycles. The molecule has 0 aromatic carbocycles. The summed E-state index contributed by atoms with van der Waals surface area (Å²) < 4.78 is 5.06. The third-order valence-corrected chi connectivity index (χ3v) is 0.821. The zero-order valence-electron chi connectivity index (χ0n) is 6.13. The van der Waals surface area contributed by atoms with Crippen LogP contribution >= 0.6 is 0 Å². The molecule has 0 aromatic heterocycles. The summed E-state index contributed by atoms with van der Waals surface area (Å²) in [7, 11) is 0. The van der Waals surface area contributed by atoms with Crippen molar-refractivity contribution in [3.63, 3.8) is 0 Å². The van der Waals surface area contributed by atoms with E-state index in [1.54, 1.807) is 6.20 Å². The smallest absolute Gasteiger partial charge is 0.175 e. The van der Waals surface area contributed by atoms with E-state index in [9.17, 15) is 0 Å². The van der Waals surface area contributed by atoms with Gasteiger partial charge in [-0.05, 0) is 6.92 Å². The van der Waals surface area contributed by atoms with E-state index >= 15 is 0 Å². The van der Waals surface area contributed by atoms with E-state index in [0.29, 0.717) is 12.4 Å². The standard InChI is InChI=1S/C6H13N3O/c1-2-10-5(4-7)3-6(8)9/h3-4H,2,7-9H2,1H3/p+1. The third kappa shape index (κ3) is 3.80. The highest BCUT2D eigenvalue weighted by molar-refractivity contribution is 5.12. The molecule has 0 radical (unpaired) electrons. The highest BCUT2D eigenvalue weighted by atomic mass is 16.5. The van der Waals surface area contributed by atoms with Crippen LogP contribution in [0.3, 0.4) is 0 Å². The molecule has 0 unspecified atom stereocenters. The lowest BCUT2D eigenvalue weighted by Gasteiger charge is -1.99. The Balaban J connectivity index is 3.98. The van der Waals surface area contributed by atoms with Crippen LogP contribution in [0.25, 0.3) is 0 Å². The van der Waals surface area contributed by atoms with Crippen LogP contribution in [0.2, 0.25) is 0 Å². The predicted octanol–water partition coefficient (Wildman–Crippen LogP) is -1.13. The second-order valence-corrected chi connectivity index (χ2v) is 1.68. The quantitative estimate of drug-likeness (QED) is 0.345. The first kappa shape index (κ1) is 8.84. The fourth-order valence-corrected chi connectivity index (χ4v) is 0.490. The first-order valence-corrected chi connectivity index (χ1v) is 3.05. The molecule has 0 rings (SSSR count). The van der Waals surface area contributed by atoms with Gasteiger partial charge in [0.1, 0.15) is 6.20 Å². The van der Waals surface area contributed by atoms with Gasteiger partial charge < -0.3 is 21.9 Å². The topological polar surface area (TPSA) is 88.9 Å². The summed E-state index contributed by atoms with van der Waals surface area (Å²) in [4.78, 5) is 0. The van der Waals surface area contributed by atoms with Crippen molar-refractivity contribution < 1.29 is 10.5 Å². The molecular formula is C6H14N3O+. The number of nitrogens with two attached hydrogens (primary N) is 2. The van der Waals surface area contributed by atoms with Crippen molar-refractivity contribution in [3.05, 3.63) is 23.9 Å². The summed E-state index contributed by atoms with van der Waals surface area (Å²) in [5, 5.41) is 0. The zero-order chi connectivity index (χ0) is 7.98. The minimum absolute atomic E-state index is 0.225. The van der Waals surface area contributed by atoms with E-state index < -0.39 is 0 Å². The lowest BCUT2D eigenvalue weighted by molar-refractivity contribution is -0.278. The second kappa shape index (κ2) is 4.69. The van der Waals surface area contributed by atoms with Crippen LogP contribution in [0, 0.1) is 0 Å². The predicted molar refractivity (Wildman–Crippen MR) is 39.1 cm³/mol. The molecule has 0 bridgehead atoms. The van der Waals surface area contributed by atoms with Crippen LogP contribution in [0.5, 0.6) is 0 Å². The maximum atomic E-state index is 5.19. The average molecular weight is 144 g/mol. The summed E-state index contributed by atoms with van der Waals surface area (Å²) in [6.07, 6.45) is 3.08. The molecule has 0 aliphatic heterocycles. The summed E-state index contributed by atoms with van der Waals surface area (Å²) in [6.45, 7) is 2.47. The first-order valence-electron chi connectivity index (χ1n) is 3.05. The average Bonchev–Trinajstić information content (AvgIpc) is 1.86. The maximum absolute atomic E-state index is 5.19. The van der Waals surface area contributed by atoms with Crippen molar-refractivity contribution in [1.82, 2.24) is 0 Å². The number of hydrogen-bond donors (Lipinski definition) is 3. The summed E-state index contributed by atoms with van der Waals surface area (Å²) in [5.41, 5.74) is 13.9. The van der Waals surface area contributed by atoms with Gasteiger partial charge in [-0.15, -0.1) is 0 Å². The monoisotopic (exact) mass is 144 g/mol. The highest BCUT2D eigenvalue weighted by Crippen LogP contribution is 1.95. The molecule has 4 nitrogen and oxygen atoms in total. The van der Waals surface area contributed by atoms with E-state index in [0.717, 1.165) is 0 Å². The molecule has 0 aromatic rings. The number of quaternary nitrogens is 1. The van der Waals surface area contributed by atoms with Gasteiger partial charge in [-0.1, -0.05) is 0 Å². The van der Waals surface area contributed by atoms with E-state index in [-0.39, 0.29) is 5.82 Å². The molecular weight excluding hydrogens is 130 g/mol. The molecule has 0 spiro atoms. The van der Waals surface area contributed by atoms with Crippen molar-refractivity contribution in [3.8, 4) is 0 Å². The van der Waals surface area contributed by atoms with Crippen LogP contribution in [-0.4, -0.2) is 6.61 Å². The van der Waals surface area contributed by atoms with Gasteiger partial charge >= 0.3 is 0 Å². The van der Waals surface area contributed by atoms with Crippen LogP contribution in [-0.2, 0) is 4.74 Å². The maximum Gasteiger partial charge on any atom is 0.175 e. The molecule has 10 heavy (non-hydrogen) atoms. The minimum Gasteiger partial charge on any atom is -0.488 e. The van der Waals surface area contributed by atoms with Crippen LogP contribution in [0.15, 0.2) is 23.9 Å². The Kier molecular flexibility index (Phi) is 4.15. The molecule has 0 atom stereocenters. The third-order valence-electron chi connectivity index (χ3n) is 0.821. The van der Waals surface area contributed by atoms with E-state index in [1.165, 1.54) is 6.08 Å². The number of hydrogen-bond acceptors (Lipinski definition) is 3. The molecule has 0 aliphatic carbocycles. The van der Waals surface area contributed by atoms with Gasteiger partial charge in [0.2, 0.25) is 0 Å². The highest BCUT2D eigenvalue weighted by Gasteiger charge is 1.91. The van der Waals surface area contributed by atoms with Crippen LogP contribution in [0.4, 0.5) is 0 Å². The van der Waals surface area contributed by atoms with Crippen molar-refractivity contribution in [1.29, 1.82) is 0 Å². The first-order chi connectivity index (χ1) is 4.70. The normalized spacial score (nSPS) is 10.8. The largest absolute Gasteiger partial charge is 0.488 e. The second-order valence-electron chi connectivity index (χ2n) is 1.68. The van der Waals surface area contributed by atoms with E-state index in [1.807, 2.05) is 6.92 Å². The molecule has 4 heteroatoms. The Morgan fingerprint density at radius 1 is 1.60 bits per heavy atom. The Morgan fingerprint density at radius 3 is 2.50 bits per heavy atom. The van der Waals surface area contributed by atoms with E-state index in [2.05, 4.69) is 5.73 Å². The number of allylic oxidation sites excluding steroid dienone is 1. The van der Waals surface area contributed by atoms with Crippen LogP contribution in [0.1, 0.15) is 6.92 Å². The Morgan fingerprint density at radius 2 is 2.20 bits per heavy atom. The fraction of sp³-hybridized carbons (Fsp3) is 0.333. The van der Waals surface area contributed by atoms with Crippen molar-refractivity contribution >= 4 is 0 Å². The molecule has 0 saturated heterocycles. The summed E-state index contributed by atoms with van der Waals surface area (Å²) in [6, 6.07) is 0. The van der Waals surface area contributed by atoms with Crippen molar-refractivity contribution in [2.24, 2.45) is 11.5 Å². The lowest BCUT2D eigenvalue weighted by atomic mass is 10.5. The summed E-state index contributed by atoms with van der Waals surface area (Å²) >= 11 is 0. The molecule has 0 fully saturated rings. The van der Waals surface area contributed by atoms with Gasteiger partial charge in [-0.2, -0.15) is 0 Å². The molecule has 7 N–H and O–H groups in total. The van der Waals surface area contributed by atoms with Gasteiger partial charge in [0.15, 0.2) is 5.76 Å². The van der Waals surface area contributed by atoms with Gasteiger partial charge in [-0.25, -0.2) is 0 Å². The van der Waals surface area contributed by atoms with Gasteiger partial charge in [-0.3, -0.25) is 0 Å². The molecule has 0 aliphatic rings. The molecule has 58 valence electrons. The van der Waals surface area contributed by atoms with Crippen molar-refractivity contribution in [2.75, 3.05) is 6.61 Å². The zero-order valence-corrected chi connectivity index (χ0v) is 6.13. The SMILES string of the molecule is CCOC(C=C(N)N)=C[NH3+]. The Bertz CT molecular complexity index is 147. The lowest BCUT2D eigenvalue weighted by Crippen LogP contribution is -2.40. The van der Waals surface area contributed by atoms with Gasteiger partial charge in [0, 0.05) is 6.08 Å². The van der Waals surface area contributed by atoms with Crippen LogP contribution < -0.4 is 17.2 Å². The molecule has 0 heterocycles. The Hall–Kier alpha value is -1.16. The summed E-state index contributed by atoms with van der Waals surface area (Å²) in [5.74, 6) is 0.825. The number of rotatable bonds is 3. The number of ether oxygens (including phenoxy) is 1. The Labute approximate surface area is 60.3 Å². The van der Waals surface area contributed by atoms with Gasteiger partial charge in [0.05, 0.1) is 12.4 Å². The van der Waals surface area contributed by atoms with Gasteiger partial charge in [0.25, 0.3) is 0 Å². The van der Waals surface area contributed by atoms with Crippen molar-refractivity contribution in [2.45, 2.75) is 6.92 Å². The fourth-order valence-electron chi connectivity index (χ4n) is 0.490. The molecule has 0 amide bonds. The van der Waals surface area contributed by atoms with E-state index in [4.69, 9.17) is 16.2 Å². The minimum atomic E-state index is 0.225.